The fourth-order valence-electron chi connectivity index (χ4n) is 3.64. The number of ether oxygens (including phenoxy) is 2. The molecular formula is C17H35Cl2N3O3. The van der Waals surface area contributed by atoms with E-state index in [4.69, 9.17) is 9.47 Å². The second-order valence-electron chi connectivity index (χ2n) is 6.97. The topological polar surface area (TPSA) is 54.0 Å². The lowest BCUT2D eigenvalue weighted by molar-refractivity contribution is -0.131. The molecule has 0 saturated carbocycles. The summed E-state index contributed by atoms with van der Waals surface area (Å²) in [6.07, 6.45) is 2.89. The zero-order valence-corrected chi connectivity index (χ0v) is 17.4. The number of nitrogens with one attached hydrogen (secondary N) is 1. The molecule has 0 aromatic rings. The van der Waals surface area contributed by atoms with Crippen LogP contribution >= 0.6 is 24.8 Å². The third kappa shape index (κ3) is 8.89. The van der Waals surface area contributed by atoms with Gasteiger partial charge in [-0.3, -0.25) is 9.69 Å². The molecule has 0 bridgehead atoms. The number of carbonyl (C=O) groups excluding carboxylic acids is 1. The van der Waals surface area contributed by atoms with Crippen LogP contribution in [0.25, 0.3) is 0 Å². The Morgan fingerprint density at radius 3 is 2.32 bits per heavy atom. The molecule has 2 fully saturated rings. The van der Waals surface area contributed by atoms with Crippen LogP contribution in [0.2, 0.25) is 0 Å². The van der Waals surface area contributed by atoms with Crippen molar-refractivity contribution in [2.75, 3.05) is 59.5 Å². The quantitative estimate of drug-likeness (QED) is 0.655. The summed E-state index contributed by atoms with van der Waals surface area (Å²) in [6, 6.07) is 0. The van der Waals surface area contributed by atoms with Crippen LogP contribution in [0.5, 0.6) is 0 Å². The van der Waals surface area contributed by atoms with Crippen molar-refractivity contribution >= 4 is 30.7 Å². The van der Waals surface area contributed by atoms with E-state index in [9.17, 15) is 4.79 Å². The molecule has 8 heteroatoms. The van der Waals surface area contributed by atoms with Crippen molar-refractivity contribution in [1.29, 1.82) is 0 Å². The number of likely N-dealkylation sites (tertiary alicyclic amines) is 1. The van der Waals surface area contributed by atoms with Gasteiger partial charge in [0.25, 0.3) is 0 Å². The molecule has 2 rings (SSSR count). The first-order chi connectivity index (χ1) is 11.1. The third-order valence-electron chi connectivity index (χ3n) is 4.74. The molecule has 2 atom stereocenters. The molecule has 0 aromatic heterocycles. The Kier molecular flexibility index (Phi) is 13.1. The lowest BCUT2D eigenvalue weighted by atomic mass is 9.95. The predicted octanol–water partition coefficient (Wildman–Crippen LogP) is 1.41. The molecule has 6 nitrogen and oxygen atoms in total. The van der Waals surface area contributed by atoms with Crippen molar-refractivity contribution < 1.29 is 14.3 Å². The second-order valence-corrected chi connectivity index (χ2v) is 6.97. The molecule has 150 valence electrons. The van der Waals surface area contributed by atoms with Crippen molar-refractivity contribution in [3.8, 4) is 0 Å². The van der Waals surface area contributed by atoms with Gasteiger partial charge in [-0.15, -0.1) is 24.8 Å². The van der Waals surface area contributed by atoms with Gasteiger partial charge in [0.05, 0.1) is 25.4 Å². The van der Waals surface area contributed by atoms with Gasteiger partial charge < -0.3 is 19.7 Å². The lowest BCUT2D eigenvalue weighted by Crippen LogP contribution is -2.49. The number of methoxy groups -OCH3 is 1. The molecular weight excluding hydrogens is 365 g/mol. The van der Waals surface area contributed by atoms with Gasteiger partial charge in [0.2, 0.25) is 5.91 Å². The first-order valence-electron chi connectivity index (χ1n) is 8.93. The van der Waals surface area contributed by atoms with E-state index in [2.05, 4.69) is 24.1 Å². The Morgan fingerprint density at radius 2 is 1.76 bits per heavy atom. The van der Waals surface area contributed by atoms with E-state index in [1.807, 2.05) is 4.90 Å². The number of hydrogen-bond donors (Lipinski definition) is 1. The Hall–Kier alpha value is -0.110. The minimum atomic E-state index is 0. The molecule has 2 saturated heterocycles. The SMILES string of the molecule is COCCNCC(=O)N1CCC(CN2CC(C)OC(C)C2)CC1.Cl.Cl. The number of carbonyl (C=O) groups is 1. The third-order valence-corrected chi connectivity index (χ3v) is 4.74. The molecule has 0 aromatic carbocycles. The summed E-state index contributed by atoms with van der Waals surface area (Å²) in [5.41, 5.74) is 0. The molecule has 0 aliphatic carbocycles. The number of halogens is 2. The maximum absolute atomic E-state index is 12.1. The van der Waals surface area contributed by atoms with Crippen molar-refractivity contribution in [3.63, 3.8) is 0 Å². The van der Waals surface area contributed by atoms with E-state index in [-0.39, 0.29) is 30.7 Å². The van der Waals surface area contributed by atoms with Gasteiger partial charge >= 0.3 is 0 Å². The summed E-state index contributed by atoms with van der Waals surface area (Å²) in [6.45, 7) is 11.1. The lowest BCUT2D eigenvalue weighted by Gasteiger charge is -2.39. The minimum Gasteiger partial charge on any atom is -0.383 e. The number of hydrogen-bond acceptors (Lipinski definition) is 5. The molecule has 2 unspecified atom stereocenters. The molecule has 0 radical (unpaired) electrons. The summed E-state index contributed by atoms with van der Waals surface area (Å²) in [4.78, 5) is 16.7. The van der Waals surface area contributed by atoms with Crippen LogP contribution in [-0.4, -0.2) is 87.4 Å². The summed E-state index contributed by atoms with van der Waals surface area (Å²) < 4.78 is 10.8. The first-order valence-corrected chi connectivity index (χ1v) is 8.93. The maximum Gasteiger partial charge on any atom is 0.236 e. The Labute approximate surface area is 164 Å². The van der Waals surface area contributed by atoms with E-state index in [1.165, 1.54) is 0 Å². The molecule has 2 aliphatic rings. The van der Waals surface area contributed by atoms with Gasteiger partial charge in [0, 0.05) is 46.4 Å². The number of amides is 1. The summed E-state index contributed by atoms with van der Waals surface area (Å²) in [5.74, 6) is 0.922. The monoisotopic (exact) mass is 399 g/mol. The van der Waals surface area contributed by atoms with Crippen molar-refractivity contribution in [2.45, 2.75) is 38.9 Å². The molecule has 2 aliphatic heterocycles. The van der Waals surface area contributed by atoms with Crippen LogP contribution in [0.15, 0.2) is 0 Å². The van der Waals surface area contributed by atoms with Gasteiger partial charge in [-0.05, 0) is 32.6 Å². The van der Waals surface area contributed by atoms with Crippen molar-refractivity contribution in [2.24, 2.45) is 5.92 Å². The Bertz CT molecular complexity index is 359. The fraction of sp³-hybridized carbons (Fsp3) is 0.941. The van der Waals surface area contributed by atoms with Crippen LogP contribution in [0.1, 0.15) is 26.7 Å². The maximum atomic E-state index is 12.1. The second kappa shape index (κ2) is 13.1. The Morgan fingerprint density at radius 1 is 1.16 bits per heavy atom. The summed E-state index contributed by atoms with van der Waals surface area (Å²) in [5, 5.41) is 3.13. The van der Waals surface area contributed by atoms with Gasteiger partial charge in [-0.1, -0.05) is 0 Å². The van der Waals surface area contributed by atoms with Gasteiger partial charge in [0.15, 0.2) is 0 Å². The molecule has 25 heavy (non-hydrogen) atoms. The van der Waals surface area contributed by atoms with Crippen LogP contribution in [0.3, 0.4) is 0 Å². The van der Waals surface area contributed by atoms with Gasteiger partial charge in [-0.2, -0.15) is 0 Å². The molecule has 1 N–H and O–H groups in total. The number of morpholine rings is 1. The number of piperidine rings is 1. The average molecular weight is 400 g/mol. The van der Waals surface area contributed by atoms with Crippen LogP contribution in [-0.2, 0) is 14.3 Å². The average Bonchev–Trinajstić information content (AvgIpc) is 2.51. The number of nitrogens with zero attached hydrogens (tertiary/aromatic N) is 2. The molecule has 0 spiro atoms. The predicted molar refractivity (Wildman–Crippen MR) is 105 cm³/mol. The van der Waals surface area contributed by atoms with E-state index in [1.54, 1.807) is 7.11 Å². The molecule has 1 amide bonds. The highest BCUT2D eigenvalue weighted by Gasteiger charge is 2.27. The zero-order valence-electron chi connectivity index (χ0n) is 15.7. The standard InChI is InChI=1S/C17H33N3O3.2ClH/c1-14-11-19(12-15(2)23-14)13-16-4-7-20(8-5-16)17(21)10-18-6-9-22-3;;/h14-16,18H,4-13H2,1-3H3;2*1H. The van der Waals surface area contributed by atoms with Crippen LogP contribution < -0.4 is 5.32 Å². The smallest absolute Gasteiger partial charge is 0.236 e. The Balaban J connectivity index is 0.00000288. The van der Waals surface area contributed by atoms with E-state index in [0.29, 0.717) is 31.3 Å². The van der Waals surface area contributed by atoms with Crippen LogP contribution in [0, 0.1) is 5.92 Å². The van der Waals surface area contributed by atoms with Crippen molar-refractivity contribution in [1.82, 2.24) is 15.1 Å². The highest BCUT2D eigenvalue weighted by Crippen LogP contribution is 2.20. The minimum absolute atomic E-state index is 0. The highest BCUT2D eigenvalue weighted by atomic mass is 35.5. The summed E-state index contributed by atoms with van der Waals surface area (Å²) in [7, 11) is 1.67. The zero-order chi connectivity index (χ0) is 16.7. The molecule has 2 heterocycles. The van der Waals surface area contributed by atoms with E-state index < -0.39 is 0 Å². The van der Waals surface area contributed by atoms with Crippen molar-refractivity contribution in [3.05, 3.63) is 0 Å². The van der Waals surface area contributed by atoms with E-state index in [0.717, 1.165) is 52.1 Å². The fourth-order valence-corrected chi connectivity index (χ4v) is 3.64. The normalized spacial score (nSPS) is 25.2. The highest BCUT2D eigenvalue weighted by molar-refractivity contribution is 5.85. The summed E-state index contributed by atoms with van der Waals surface area (Å²) >= 11 is 0. The van der Waals surface area contributed by atoms with E-state index >= 15 is 0 Å². The van der Waals surface area contributed by atoms with Gasteiger partial charge in [-0.25, -0.2) is 0 Å². The van der Waals surface area contributed by atoms with Gasteiger partial charge in [0.1, 0.15) is 0 Å². The largest absolute Gasteiger partial charge is 0.383 e. The number of rotatable bonds is 7. The first kappa shape index (κ1) is 24.9. The van der Waals surface area contributed by atoms with Crippen LogP contribution in [0.4, 0.5) is 0 Å².